The van der Waals surface area contributed by atoms with E-state index in [1.165, 1.54) is 10.5 Å². The van der Waals surface area contributed by atoms with Gasteiger partial charge in [-0.3, -0.25) is 4.79 Å². The minimum Gasteiger partial charge on any atom is -0.477 e. The van der Waals surface area contributed by atoms with E-state index in [2.05, 4.69) is 29.6 Å². The first-order valence-corrected chi connectivity index (χ1v) is 11.2. The lowest BCUT2D eigenvalue weighted by molar-refractivity contribution is -0.163. The van der Waals surface area contributed by atoms with E-state index in [1.54, 1.807) is 18.7 Å². The second kappa shape index (κ2) is 8.13. The van der Waals surface area contributed by atoms with Crippen LogP contribution in [0.1, 0.15) is 32.3 Å². The Morgan fingerprint density at radius 2 is 2.07 bits per heavy atom. The smallest absolute Gasteiger partial charge is 0.353 e. The molecule has 0 saturated carbocycles. The van der Waals surface area contributed by atoms with E-state index in [4.69, 9.17) is 0 Å². The van der Waals surface area contributed by atoms with E-state index in [-0.39, 0.29) is 23.6 Å². The Labute approximate surface area is 175 Å². The maximum Gasteiger partial charge on any atom is 0.353 e. The first kappa shape index (κ1) is 20.4. The summed E-state index contributed by atoms with van der Waals surface area (Å²) in [6.45, 7) is 4.43. The molecule has 29 heavy (non-hydrogen) atoms. The second-order valence-corrected chi connectivity index (χ2v) is 9.72. The molecular weight excluding hydrogens is 388 g/mol. The number of nitrogens with one attached hydrogen (secondary N) is 1. The Morgan fingerprint density at radius 3 is 2.72 bits per heavy atom. The first-order valence-electron chi connectivity index (χ1n) is 10.3. The minimum atomic E-state index is -1.05. The molecule has 3 aliphatic heterocycles. The maximum atomic E-state index is 12.4. The average Bonchev–Trinajstić information content (AvgIpc) is 3.22. The molecule has 0 aromatic heterocycles. The minimum absolute atomic E-state index is 0.0632. The molecule has 3 heterocycles. The van der Waals surface area contributed by atoms with E-state index in [9.17, 15) is 19.8 Å². The van der Waals surface area contributed by atoms with Crippen molar-refractivity contribution in [2.24, 2.45) is 11.8 Å². The van der Waals surface area contributed by atoms with Gasteiger partial charge in [0.05, 0.1) is 18.1 Å². The number of carbonyl (C=O) groups excluding carboxylic acids is 1. The lowest BCUT2D eigenvalue weighted by Gasteiger charge is -2.46. The van der Waals surface area contributed by atoms with Crippen LogP contribution in [0.25, 0.3) is 0 Å². The van der Waals surface area contributed by atoms with Gasteiger partial charge >= 0.3 is 5.97 Å². The molecule has 6 nitrogen and oxygen atoms in total. The van der Waals surface area contributed by atoms with Crippen molar-refractivity contribution in [2.45, 2.75) is 56.5 Å². The molecule has 0 bridgehead atoms. The molecule has 3 aliphatic rings. The number of β-lactam (4-membered cyclic amide) rings is 1. The van der Waals surface area contributed by atoms with Crippen molar-refractivity contribution in [3.8, 4) is 0 Å². The number of amides is 1. The molecule has 156 valence electrons. The highest BCUT2D eigenvalue weighted by atomic mass is 32.2. The lowest BCUT2D eigenvalue weighted by Crippen LogP contribution is -2.63. The van der Waals surface area contributed by atoms with Crippen molar-refractivity contribution < 1.29 is 19.8 Å². The Morgan fingerprint density at radius 1 is 1.34 bits per heavy atom. The highest BCUT2D eigenvalue weighted by Crippen LogP contribution is 2.51. The van der Waals surface area contributed by atoms with Crippen LogP contribution in [0.3, 0.4) is 0 Å². The number of carboxylic acids is 1. The topological polar surface area (TPSA) is 89.9 Å². The molecule has 6 atom stereocenters. The molecule has 0 unspecified atom stereocenters. The van der Waals surface area contributed by atoms with Gasteiger partial charge in [-0.15, -0.1) is 11.8 Å². The van der Waals surface area contributed by atoms with Crippen LogP contribution >= 0.6 is 11.8 Å². The predicted octanol–water partition coefficient (Wildman–Crippen LogP) is 2.24. The van der Waals surface area contributed by atoms with Gasteiger partial charge in [0.1, 0.15) is 5.70 Å². The summed E-state index contributed by atoms with van der Waals surface area (Å²) in [5.74, 6) is -1.88. The van der Waals surface area contributed by atoms with Gasteiger partial charge in [-0.2, -0.15) is 0 Å². The number of nitrogens with zero attached hydrogens (tertiary/aromatic N) is 1. The van der Waals surface area contributed by atoms with Crippen LogP contribution in [0.4, 0.5) is 0 Å². The first-order chi connectivity index (χ1) is 13.9. The van der Waals surface area contributed by atoms with Crippen molar-refractivity contribution in [2.75, 3.05) is 6.54 Å². The third-order valence-corrected chi connectivity index (χ3v) is 7.92. The number of fused-ring (bicyclic) bond motifs is 1. The number of aliphatic carboxylic acids is 1. The van der Waals surface area contributed by atoms with Gasteiger partial charge in [-0.25, -0.2) is 4.79 Å². The zero-order valence-electron chi connectivity index (χ0n) is 16.7. The summed E-state index contributed by atoms with van der Waals surface area (Å²) in [5, 5.41) is 23.6. The normalized spacial score (nSPS) is 32.3. The molecule has 0 spiro atoms. The van der Waals surface area contributed by atoms with Crippen LogP contribution in [-0.4, -0.2) is 57.0 Å². The van der Waals surface area contributed by atoms with E-state index in [0.717, 1.165) is 30.7 Å². The third-order valence-electron chi connectivity index (χ3n) is 6.41. The molecular formula is C22H28N2O4S. The van der Waals surface area contributed by atoms with Gasteiger partial charge < -0.3 is 20.4 Å². The number of aliphatic hydroxyl groups is 1. The monoisotopic (exact) mass is 416 g/mol. The highest BCUT2D eigenvalue weighted by molar-refractivity contribution is 8.03. The summed E-state index contributed by atoms with van der Waals surface area (Å²) in [4.78, 5) is 26.6. The van der Waals surface area contributed by atoms with Crippen LogP contribution in [0.2, 0.25) is 0 Å². The number of aryl methyl sites for hydroxylation is 1. The fourth-order valence-electron chi connectivity index (χ4n) is 4.94. The molecule has 4 rings (SSSR count). The Balaban J connectivity index is 1.41. The van der Waals surface area contributed by atoms with E-state index >= 15 is 0 Å². The predicted molar refractivity (Wildman–Crippen MR) is 112 cm³/mol. The molecule has 1 aromatic carbocycles. The zero-order chi connectivity index (χ0) is 20.7. The number of hydrogen-bond acceptors (Lipinski definition) is 5. The van der Waals surface area contributed by atoms with Crippen molar-refractivity contribution in [3.05, 3.63) is 46.5 Å². The number of hydrogen-bond donors (Lipinski definition) is 3. The van der Waals surface area contributed by atoms with Crippen molar-refractivity contribution in [1.29, 1.82) is 0 Å². The zero-order valence-corrected chi connectivity index (χ0v) is 17.6. The molecule has 7 heteroatoms. The van der Waals surface area contributed by atoms with E-state index < -0.39 is 18.0 Å². The summed E-state index contributed by atoms with van der Waals surface area (Å²) in [5.41, 5.74) is 1.46. The third kappa shape index (κ3) is 3.71. The van der Waals surface area contributed by atoms with Gasteiger partial charge in [0.2, 0.25) is 5.91 Å². The van der Waals surface area contributed by atoms with Crippen molar-refractivity contribution in [3.63, 3.8) is 0 Å². The summed E-state index contributed by atoms with van der Waals surface area (Å²) < 4.78 is 0. The van der Waals surface area contributed by atoms with Crippen LogP contribution in [0.5, 0.6) is 0 Å². The van der Waals surface area contributed by atoms with E-state index in [1.807, 2.05) is 13.0 Å². The van der Waals surface area contributed by atoms with Gasteiger partial charge in [-0.1, -0.05) is 37.3 Å². The molecule has 0 aliphatic carbocycles. The standard InChI is InChI=1S/C22H28N2O4S/c1-12-18-17(13(2)25)21(26)24(18)19(22(27)28)20(12)29-16-10-15(23-11-16)9-8-14-6-4-3-5-7-14/h3-7,12-13,15-18,23,25H,8-11H2,1-2H3,(H,27,28)/t12-,13-,15-,16+,17-,18-/m1/s1. The molecule has 2 saturated heterocycles. The van der Waals surface area contributed by atoms with Crippen LogP contribution < -0.4 is 5.32 Å². The maximum absolute atomic E-state index is 12.4. The van der Waals surface area contributed by atoms with Gasteiger partial charge in [-0.05, 0) is 31.7 Å². The highest BCUT2D eigenvalue weighted by Gasteiger charge is 2.60. The van der Waals surface area contributed by atoms with Crippen LogP contribution in [-0.2, 0) is 16.0 Å². The largest absolute Gasteiger partial charge is 0.477 e. The summed E-state index contributed by atoms with van der Waals surface area (Å²) >= 11 is 1.61. The summed E-state index contributed by atoms with van der Waals surface area (Å²) in [7, 11) is 0. The summed E-state index contributed by atoms with van der Waals surface area (Å²) in [6, 6.07) is 10.6. The lowest BCUT2D eigenvalue weighted by atomic mass is 9.79. The van der Waals surface area contributed by atoms with Crippen LogP contribution in [0.15, 0.2) is 40.9 Å². The summed E-state index contributed by atoms with van der Waals surface area (Å²) in [6.07, 6.45) is 2.30. The molecule has 0 radical (unpaired) electrons. The Hall–Kier alpha value is -1.83. The van der Waals surface area contributed by atoms with Crippen molar-refractivity contribution in [1.82, 2.24) is 10.2 Å². The van der Waals surface area contributed by atoms with Crippen molar-refractivity contribution >= 4 is 23.6 Å². The number of aliphatic hydroxyl groups excluding tert-OH is 1. The fourth-order valence-corrected chi connectivity index (χ4v) is 6.45. The van der Waals surface area contributed by atoms with Gasteiger partial charge in [0, 0.05) is 28.7 Å². The molecule has 1 amide bonds. The van der Waals surface area contributed by atoms with Crippen LogP contribution in [0, 0.1) is 11.8 Å². The number of carbonyl (C=O) groups is 2. The number of carboxylic acid groups (broad SMARTS) is 1. The number of rotatable bonds is 7. The Bertz CT molecular complexity index is 825. The fraction of sp³-hybridized carbons (Fsp3) is 0.545. The number of thioether (sulfide) groups is 1. The molecule has 2 fully saturated rings. The molecule has 3 N–H and O–H groups in total. The van der Waals surface area contributed by atoms with Gasteiger partial charge in [0.15, 0.2) is 0 Å². The quantitative estimate of drug-likeness (QED) is 0.591. The van der Waals surface area contributed by atoms with Gasteiger partial charge in [0.25, 0.3) is 0 Å². The Kier molecular flexibility index (Phi) is 5.73. The second-order valence-electron chi connectivity index (χ2n) is 8.38. The van der Waals surface area contributed by atoms with E-state index in [0.29, 0.717) is 11.3 Å². The molecule has 1 aromatic rings. The number of benzene rings is 1. The average molecular weight is 417 g/mol. The SMILES string of the molecule is C[C@@H](O)[C@H]1C(=O)N2C(C(=O)O)=C(S[C@@H]3CN[C@H](CCc4ccccc4)C3)[C@H](C)[C@H]12.